The van der Waals surface area contributed by atoms with Crippen LogP contribution in [0, 0.1) is 5.41 Å². The van der Waals surface area contributed by atoms with Crippen LogP contribution >= 0.6 is 15.9 Å². The summed E-state index contributed by atoms with van der Waals surface area (Å²) in [5, 5.41) is 8.77. The van der Waals surface area contributed by atoms with Crippen molar-refractivity contribution in [2.45, 2.75) is 31.1 Å². The van der Waals surface area contributed by atoms with Gasteiger partial charge in [-0.1, -0.05) is 6.92 Å². The number of hydrogen-bond acceptors (Lipinski definition) is 4. The summed E-state index contributed by atoms with van der Waals surface area (Å²) in [6, 6.07) is 1.00. The number of halogens is 1. The predicted octanol–water partition coefficient (Wildman–Crippen LogP) is 2.21. The third kappa shape index (κ3) is 3.01. The van der Waals surface area contributed by atoms with Crippen LogP contribution in [0.2, 0.25) is 0 Å². The highest BCUT2D eigenvalue weighted by atomic mass is 79.9. The SMILES string of the molecule is CCC1(CNS(=O)(=O)c2cc(C(=O)O)oc2Br)CC1. The van der Waals surface area contributed by atoms with Crippen LogP contribution in [0.25, 0.3) is 0 Å². The van der Waals surface area contributed by atoms with E-state index in [4.69, 9.17) is 9.52 Å². The third-order valence-electron chi connectivity index (χ3n) is 3.50. The first kappa shape index (κ1) is 14.5. The lowest BCUT2D eigenvalue weighted by molar-refractivity contribution is 0.0661. The molecule has 1 aliphatic carbocycles. The van der Waals surface area contributed by atoms with Gasteiger partial charge in [0.25, 0.3) is 0 Å². The lowest BCUT2D eigenvalue weighted by Crippen LogP contribution is -2.30. The molecule has 19 heavy (non-hydrogen) atoms. The van der Waals surface area contributed by atoms with Gasteiger partial charge >= 0.3 is 5.97 Å². The molecule has 2 rings (SSSR count). The molecule has 0 bridgehead atoms. The molecule has 0 aromatic carbocycles. The molecule has 0 unspecified atom stereocenters. The molecule has 8 heteroatoms. The molecule has 6 nitrogen and oxygen atoms in total. The van der Waals surface area contributed by atoms with E-state index >= 15 is 0 Å². The van der Waals surface area contributed by atoms with Crippen molar-refractivity contribution >= 4 is 31.9 Å². The summed E-state index contributed by atoms with van der Waals surface area (Å²) in [4.78, 5) is 10.6. The average Bonchev–Trinajstić information content (AvgIpc) is 3.02. The number of furan rings is 1. The Morgan fingerprint density at radius 2 is 2.21 bits per heavy atom. The van der Waals surface area contributed by atoms with Gasteiger partial charge in [0.1, 0.15) is 4.90 Å². The van der Waals surface area contributed by atoms with Gasteiger partial charge in [-0.15, -0.1) is 0 Å². The molecule has 1 saturated carbocycles. The topological polar surface area (TPSA) is 96.6 Å². The molecule has 0 amide bonds. The molecular formula is C11H14BrNO5S. The molecule has 0 aliphatic heterocycles. The first-order valence-corrected chi connectivity index (χ1v) is 8.09. The lowest BCUT2D eigenvalue weighted by Gasteiger charge is -2.12. The zero-order chi connectivity index (χ0) is 14.3. The molecule has 0 atom stereocenters. The maximum absolute atomic E-state index is 12.1. The smallest absolute Gasteiger partial charge is 0.371 e. The molecule has 1 aromatic rings. The summed E-state index contributed by atoms with van der Waals surface area (Å²) < 4.78 is 31.4. The van der Waals surface area contributed by atoms with E-state index in [2.05, 4.69) is 20.7 Å². The maximum Gasteiger partial charge on any atom is 0.371 e. The van der Waals surface area contributed by atoms with Crippen molar-refractivity contribution in [2.75, 3.05) is 6.54 Å². The third-order valence-corrected chi connectivity index (χ3v) is 5.76. The average molecular weight is 352 g/mol. The summed E-state index contributed by atoms with van der Waals surface area (Å²) >= 11 is 2.93. The second-order valence-corrected chi connectivity index (χ2v) is 7.19. The van der Waals surface area contributed by atoms with Gasteiger partial charge in [-0.2, -0.15) is 0 Å². The second kappa shape index (κ2) is 4.92. The quantitative estimate of drug-likeness (QED) is 0.818. The van der Waals surface area contributed by atoms with E-state index in [0.29, 0.717) is 6.54 Å². The Kier molecular flexibility index (Phi) is 3.76. The minimum atomic E-state index is -3.76. The molecule has 0 saturated heterocycles. The van der Waals surface area contributed by atoms with Crippen molar-refractivity contribution < 1.29 is 22.7 Å². The summed E-state index contributed by atoms with van der Waals surface area (Å²) in [6.45, 7) is 2.39. The van der Waals surface area contributed by atoms with Crippen LogP contribution in [-0.4, -0.2) is 26.0 Å². The highest BCUT2D eigenvalue weighted by Gasteiger charge is 2.41. The van der Waals surface area contributed by atoms with Gasteiger partial charge in [0.15, 0.2) is 4.67 Å². The Hall–Kier alpha value is -0.860. The number of hydrogen-bond donors (Lipinski definition) is 2. The minimum Gasteiger partial charge on any atom is -0.475 e. The van der Waals surface area contributed by atoms with E-state index in [-0.39, 0.29) is 15.0 Å². The van der Waals surface area contributed by atoms with Crippen molar-refractivity contribution in [1.82, 2.24) is 4.72 Å². The molecule has 2 N–H and O–H groups in total. The maximum atomic E-state index is 12.1. The summed E-state index contributed by atoms with van der Waals surface area (Å²) in [6.07, 6.45) is 2.94. The number of rotatable bonds is 6. The molecule has 1 aliphatic rings. The number of carbonyl (C=O) groups is 1. The van der Waals surface area contributed by atoms with E-state index in [9.17, 15) is 13.2 Å². The molecule has 106 valence electrons. The van der Waals surface area contributed by atoms with Gasteiger partial charge in [0, 0.05) is 12.6 Å². The van der Waals surface area contributed by atoms with Crippen LogP contribution in [-0.2, 0) is 10.0 Å². The van der Waals surface area contributed by atoms with Crippen LogP contribution in [0.1, 0.15) is 36.7 Å². The van der Waals surface area contributed by atoms with E-state index < -0.39 is 21.8 Å². The van der Waals surface area contributed by atoms with Crippen LogP contribution < -0.4 is 4.72 Å². The lowest BCUT2D eigenvalue weighted by atomic mass is 10.1. The highest BCUT2D eigenvalue weighted by molar-refractivity contribution is 9.10. The van der Waals surface area contributed by atoms with Crippen LogP contribution in [0.15, 0.2) is 20.0 Å². The molecule has 1 heterocycles. The summed E-state index contributed by atoms with van der Waals surface area (Å²) in [7, 11) is -3.76. The fourth-order valence-electron chi connectivity index (χ4n) is 1.80. The van der Waals surface area contributed by atoms with Crippen molar-refractivity contribution in [3.63, 3.8) is 0 Å². The number of sulfonamides is 1. The Balaban J connectivity index is 2.17. The van der Waals surface area contributed by atoms with Crippen molar-refractivity contribution in [3.05, 3.63) is 16.5 Å². The Morgan fingerprint density at radius 1 is 1.58 bits per heavy atom. The van der Waals surface area contributed by atoms with Gasteiger partial charge in [-0.3, -0.25) is 0 Å². The molecule has 1 fully saturated rings. The van der Waals surface area contributed by atoms with Crippen LogP contribution in [0.4, 0.5) is 0 Å². The first-order valence-electron chi connectivity index (χ1n) is 5.82. The van der Waals surface area contributed by atoms with E-state index in [1.54, 1.807) is 0 Å². The number of carboxylic acids is 1. The zero-order valence-corrected chi connectivity index (χ0v) is 12.7. The monoisotopic (exact) mass is 351 g/mol. The van der Waals surface area contributed by atoms with Crippen molar-refractivity contribution in [1.29, 1.82) is 0 Å². The number of aromatic carboxylic acids is 1. The fraction of sp³-hybridized carbons (Fsp3) is 0.545. The van der Waals surface area contributed by atoms with Gasteiger partial charge < -0.3 is 9.52 Å². The van der Waals surface area contributed by atoms with Crippen molar-refractivity contribution in [2.24, 2.45) is 5.41 Å². The summed E-state index contributed by atoms with van der Waals surface area (Å²) in [5.41, 5.74) is 0.0684. The normalized spacial score (nSPS) is 17.4. The van der Waals surface area contributed by atoms with Crippen LogP contribution in [0.3, 0.4) is 0 Å². The Bertz CT molecular complexity index is 603. The van der Waals surface area contributed by atoms with Gasteiger partial charge in [-0.05, 0) is 40.6 Å². The summed E-state index contributed by atoms with van der Waals surface area (Å²) in [5.74, 6) is -1.72. The van der Waals surface area contributed by atoms with E-state index in [0.717, 1.165) is 25.3 Å². The highest BCUT2D eigenvalue weighted by Crippen LogP contribution is 2.48. The molecule has 0 spiro atoms. The number of nitrogens with one attached hydrogen (secondary N) is 1. The van der Waals surface area contributed by atoms with Gasteiger partial charge in [0.2, 0.25) is 15.8 Å². The molecule has 0 radical (unpaired) electrons. The van der Waals surface area contributed by atoms with Gasteiger partial charge in [0.05, 0.1) is 0 Å². The minimum absolute atomic E-state index is 0.0684. The number of carboxylic acid groups (broad SMARTS) is 1. The molecular weight excluding hydrogens is 338 g/mol. The first-order chi connectivity index (χ1) is 8.80. The van der Waals surface area contributed by atoms with E-state index in [1.165, 1.54) is 0 Å². The predicted molar refractivity (Wildman–Crippen MR) is 70.5 cm³/mol. The molecule has 1 aromatic heterocycles. The fourth-order valence-corrected chi connectivity index (χ4v) is 3.89. The largest absolute Gasteiger partial charge is 0.475 e. The van der Waals surface area contributed by atoms with Gasteiger partial charge in [-0.25, -0.2) is 17.9 Å². The van der Waals surface area contributed by atoms with Crippen LogP contribution in [0.5, 0.6) is 0 Å². The second-order valence-electron chi connectivity index (χ2n) is 4.73. The Morgan fingerprint density at radius 3 is 2.63 bits per heavy atom. The standard InChI is InChI=1S/C11H14BrNO5S/c1-2-11(3-4-11)6-13-19(16,17)8-5-7(10(14)15)18-9(8)12/h5,13H,2-4,6H2,1H3,(H,14,15). The van der Waals surface area contributed by atoms with Crippen molar-refractivity contribution in [3.8, 4) is 0 Å². The van der Waals surface area contributed by atoms with E-state index in [1.807, 2.05) is 6.92 Å². The zero-order valence-electron chi connectivity index (χ0n) is 10.3. The Labute approximate surface area is 119 Å².